The number of hydrogen-bond acceptors (Lipinski definition) is 6. The molecule has 1 saturated heterocycles. The van der Waals surface area contributed by atoms with Gasteiger partial charge in [0.1, 0.15) is 17.3 Å². The topological polar surface area (TPSA) is 79.7 Å². The van der Waals surface area contributed by atoms with Crippen molar-refractivity contribution in [1.82, 2.24) is 4.98 Å². The molecule has 1 fully saturated rings. The number of Topliss-reactive ketones (excluding diaryl/α,β-unsaturated/α-hetero) is 1. The lowest BCUT2D eigenvalue weighted by Gasteiger charge is -2.23. The summed E-state index contributed by atoms with van der Waals surface area (Å²) >= 11 is 7.30. The molecule has 1 atom stereocenters. The van der Waals surface area contributed by atoms with Gasteiger partial charge in [0, 0.05) is 10.6 Å². The summed E-state index contributed by atoms with van der Waals surface area (Å²) in [5.74, 6) is -1.90. The van der Waals surface area contributed by atoms with Crippen LogP contribution in [0.15, 0.2) is 72.3 Å². The number of benzene rings is 3. The number of aliphatic hydroxyl groups excluding tert-OH is 1. The van der Waals surface area contributed by atoms with Crippen molar-refractivity contribution in [3.63, 3.8) is 0 Å². The normalized spacial score (nSPS) is 17.3. The third-order valence-electron chi connectivity index (χ3n) is 5.61. The lowest BCUT2D eigenvalue weighted by atomic mass is 9.95. The lowest BCUT2D eigenvalue weighted by Crippen LogP contribution is -2.29. The summed E-state index contributed by atoms with van der Waals surface area (Å²) in [7, 11) is 0. The standard InChI is InChI=1S/C26H18ClFN2O4S/c1-2-34-18-11-12-19-20(13-18)35-26(29-19)30-22(14-3-7-16(27)8-4-14)21(24(32)25(30)33)23(31)15-5-9-17(28)10-6-15/h3-13,22,31H,2H2,1H3/t22-/m0/s1. The first kappa shape index (κ1) is 23.0. The van der Waals surface area contributed by atoms with Gasteiger partial charge < -0.3 is 9.84 Å². The Bertz CT molecular complexity index is 1480. The number of carbonyl (C=O) groups excluding carboxylic acids is 2. The predicted molar refractivity (Wildman–Crippen MR) is 133 cm³/mol. The number of nitrogens with zero attached hydrogens (tertiary/aromatic N) is 2. The van der Waals surface area contributed by atoms with Crippen molar-refractivity contribution in [2.75, 3.05) is 11.5 Å². The minimum atomic E-state index is -0.954. The number of thiazole rings is 1. The summed E-state index contributed by atoms with van der Waals surface area (Å²) in [6.45, 7) is 2.39. The molecule has 1 amide bonds. The van der Waals surface area contributed by atoms with Crippen LogP contribution in [0.1, 0.15) is 24.1 Å². The summed E-state index contributed by atoms with van der Waals surface area (Å²) in [4.78, 5) is 32.4. The molecule has 1 aromatic heterocycles. The van der Waals surface area contributed by atoms with Gasteiger partial charge in [0.2, 0.25) is 0 Å². The maximum Gasteiger partial charge on any atom is 0.301 e. The van der Waals surface area contributed by atoms with Crippen molar-refractivity contribution in [2.45, 2.75) is 13.0 Å². The Morgan fingerprint density at radius 1 is 1.11 bits per heavy atom. The highest BCUT2D eigenvalue weighted by atomic mass is 35.5. The second-order valence-corrected chi connectivity index (χ2v) is 9.23. The van der Waals surface area contributed by atoms with Crippen LogP contribution in [0.25, 0.3) is 16.0 Å². The number of fused-ring (bicyclic) bond motifs is 1. The lowest BCUT2D eigenvalue weighted by molar-refractivity contribution is -0.132. The van der Waals surface area contributed by atoms with Gasteiger partial charge in [-0.25, -0.2) is 9.37 Å². The third kappa shape index (κ3) is 4.15. The van der Waals surface area contributed by atoms with Gasteiger partial charge in [-0.3, -0.25) is 14.5 Å². The maximum absolute atomic E-state index is 13.5. The highest BCUT2D eigenvalue weighted by Crippen LogP contribution is 2.44. The molecule has 2 heterocycles. The van der Waals surface area contributed by atoms with Crippen LogP contribution >= 0.6 is 22.9 Å². The molecule has 6 nitrogen and oxygen atoms in total. The number of ether oxygens (including phenoxy) is 1. The summed E-state index contributed by atoms with van der Waals surface area (Å²) in [6, 6.07) is 16.1. The van der Waals surface area contributed by atoms with E-state index in [1.54, 1.807) is 36.4 Å². The van der Waals surface area contributed by atoms with Crippen molar-refractivity contribution in [3.05, 3.63) is 94.3 Å². The van der Waals surface area contributed by atoms with Crippen LogP contribution < -0.4 is 9.64 Å². The molecule has 0 radical (unpaired) electrons. The molecule has 5 rings (SSSR count). The Morgan fingerprint density at radius 3 is 2.51 bits per heavy atom. The second kappa shape index (κ2) is 9.13. The third-order valence-corrected chi connectivity index (χ3v) is 6.88. The Hall–Kier alpha value is -3.75. The molecule has 35 heavy (non-hydrogen) atoms. The average molecular weight is 509 g/mol. The number of carbonyl (C=O) groups is 2. The molecule has 0 spiro atoms. The molecule has 0 aliphatic carbocycles. The minimum Gasteiger partial charge on any atom is -0.507 e. The zero-order valence-electron chi connectivity index (χ0n) is 18.4. The predicted octanol–water partition coefficient (Wildman–Crippen LogP) is 6.11. The molecule has 9 heteroatoms. The molecule has 0 saturated carbocycles. The van der Waals surface area contributed by atoms with Crippen molar-refractivity contribution < 1.29 is 23.8 Å². The fraction of sp³-hybridized carbons (Fsp3) is 0.115. The SMILES string of the molecule is CCOc1ccc2nc(N3C(=O)C(=O)C(=C(O)c4ccc(F)cc4)[C@@H]3c3ccc(Cl)cc3)sc2c1. The van der Waals surface area contributed by atoms with Crippen LogP contribution in [0.3, 0.4) is 0 Å². The number of hydrogen-bond donors (Lipinski definition) is 1. The van der Waals surface area contributed by atoms with Gasteiger partial charge in [0.25, 0.3) is 5.78 Å². The minimum absolute atomic E-state index is 0.113. The van der Waals surface area contributed by atoms with E-state index in [0.717, 1.165) is 4.70 Å². The highest BCUT2D eigenvalue weighted by molar-refractivity contribution is 7.22. The number of ketones is 1. The fourth-order valence-electron chi connectivity index (χ4n) is 4.01. The summed E-state index contributed by atoms with van der Waals surface area (Å²) in [6.07, 6.45) is 0. The maximum atomic E-state index is 13.5. The number of aliphatic hydroxyl groups is 1. The zero-order chi connectivity index (χ0) is 24.7. The first-order valence-corrected chi connectivity index (χ1v) is 11.9. The van der Waals surface area contributed by atoms with Gasteiger partial charge >= 0.3 is 5.91 Å². The average Bonchev–Trinajstić information content (AvgIpc) is 3.38. The molecule has 0 unspecified atom stereocenters. The van der Waals surface area contributed by atoms with Crippen molar-refractivity contribution in [3.8, 4) is 5.75 Å². The van der Waals surface area contributed by atoms with E-state index in [1.807, 2.05) is 13.0 Å². The smallest absolute Gasteiger partial charge is 0.301 e. The van der Waals surface area contributed by atoms with E-state index in [1.165, 1.54) is 40.5 Å². The molecule has 4 aromatic rings. The van der Waals surface area contributed by atoms with Crippen LogP contribution in [-0.2, 0) is 9.59 Å². The second-order valence-electron chi connectivity index (χ2n) is 7.79. The van der Waals surface area contributed by atoms with E-state index in [0.29, 0.717) is 33.6 Å². The van der Waals surface area contributed by atoms with Gasteiger partial charge in [0.15, 0.2) is 5.13 Å². The van der Waals surface area contributed by atoms with Crippen LogP contribution in [-0.4, -0.2) is 28.4 Å². The van der Waals surface area contributed by atoms with Gasteiger partial charge in [-0.2, -0.15) is 0 Å². The molecule has 1 aliphatic heterocycles. The molecule has 1 N–H and O–H groups in total. The molecular weight excluding hydrogens is 491 g/mol. The summed E-state index contributed by atoms with van der Waals surface area (Å²) < 4.78 is 19.8. The Balaban J connectivity index is 1.69. The van der Waals surface area contributed by atoms with Crippen LogP contribution in [0.5, 0.6) is 5.75 Å². The Labute approximate surface area is 208 Å². The molecule has 3 aromatic carbocycles. The van der Waals surface area contributed by atoms with Crippen molar-refractivity contribution >= 4 is 55.7 Å². The van der Waals surface area contributed by atoms with E-state index < -0.39 is 29.3 Å². The van der Waals surface area contributed by atoms with E-state index in [4.69, 9.17) is 16.3 Å². The van der Waals surface area contributed by atoms with Gasteiger partial charge in [-0.1, -0.05) is 35.1 Å². The first-order chi connectivity index (χ1) is 16.9. The Morgan fingerprint density at radius 2 is 1.83 bits per heavy atom. The number of halogens is 2. The largest absolute Gasteiger partial charge is 0.507 e. The van der Waals surface area contributed by atoms with E-state index in [-0.39, 0.29) is 11.1 Å². The van der Waals surface area contributed by atoms with Gasteiger partial charge in [0.05, 0.1) is 28.4 Å². The number of aromatic nitrogens is 1. The van der Waals surface area contributed by atoms with E-state index in [9.17, 15) is 19.1 Å². The molecule has 0 bridgehead atoms. The zero-order valence-corrected chi connectivity index (χ0v) is 19.9. The van der Waals surface area contributed by atoms with Crippen molar-refractivity contribution in [1.29, 1.82) is 0 Å². The van der Waals surface area contributed by atoms with E-state index >= 15 is 0 Å². The van der Waals surface area contributed by atoms with Gasteiger partial charge in [-0.15, -0.1) is 0 Å². The monoisotopic (exact) mass is 508 g/mol. The number of amides is 1. The highest BCUT2D eigenvalue weighted by Gasteiger charge is 2.48. The Kier molecular flexibility index (Phi) is 6.00. The van der Waals surface area contributed by atoms with Crippen LogP contribution in [0.4, 0.5) is 9.52 Å². The van der Waals surface area contributed by atoms with Crippen molar-refractivity contribution in [2.24, 2.45) is 0 Å². The first-order valence-electron chi connectivity index (χ1n) is 10.7. The number of anilines is 1. The molecular formula is C26H18ClFN2O4S. The van der Waals surface area contributed by atoms with Crippen LogP contribution in [0, 0.1) is 5.82 Å². The quantitative estimate of drug-likeness (QED) is 0.200. The summed E-state index contributed by atoms with van der Waals surface area (Å²) in [5.41, 5.74) is 1.31. The fourth-order valence-corrected chi connectivity index (χ4v) is 5.15. The molecule has 1 aliphatic rings. The summed E-state index contributed by atoms with van der Waals surface area (Å²) in [5, 5.41) is 11.9. The molecule has 176 valence electrons. The van der Waals surface area contributed by atoms with E-state index in [2.05, 4.69) is 4.98 Å². The van der Waals surface area contributed by atoms with Gasteiger partial charge in [-0.05, 0) is 67.1 Å². The van der Waals surface area contributed by atoms with Crippen LogP contribution in [0.2, 0.25) is 5.02 Å². The number of rotatable bonds is 5.